The van der Waals surface area contributed by atoms with Gasteiger partial charge in [0.25, 0.3) is 5.91 Å². The zero-order valence-electron chi connectivity index (χ0n) is 17.3. The van der Waals surface area contributed by atoms with Gasteiger partial charge >= 0.3 is 0 Å². The maximum absolute atomic E-state index is 14.7. The van der Waals surface area contributed by atoms with E-state index in [9.17, 15) is 9.18 Å². The average molecular weight is 433 g/mol. The fraction of sp³-hybridized carbons (Fsp3) is 0.318. The SMILES string of the molecule is Cc1nc(N2C[C@H]3CN(C(=O)c4c(F)cccc4-n4nccn4)C[C@H]3C2)nc2ccoc12. The molecule has 0 N–H and O–H groups in total. The van der Waals surface area contributed by atoms with E-state index in [1.54, 1.807) is 23.3 Å². The number of benzene rings is 1. The molecule has 0 radical (unpaired) electrons. The van der Waals surface area contributed by atoms with Crippen molar-refractivity contribution in [3.05, 3.63) is 60.0 Å². The Balaban J connectivity index is 1.22. The summed E-state index contributed by atoms with van der Waals surface area (Å²) < 4.78 is 20.1. The number of rotatable bonds is 3. The van der Waals surface area contributed by atoms with E-state index in [-0.39, 0.29) is 23.3 Å². The number of anilines is 1. The van der Waals surface area contributed by atoms with Gasteiger partial charge in [-0.05, 0) is 19.1 Å². The molecule has 1 aromatic carbocycles. The van der Waals surface area contributed by atoms with Crippen molar-refractivity contribution in [1.29, 1.82) is 0 Å². The van der Waals surface area contributed by atoms with Gasteiger partial charge in [-0.25, -0.2) is 14.4 Å². The molecule has 5 heterocycles. The normalized spacial score (nSPS) is 20.3. The van der Waals surface area contributed by atoms with E-state index in [1.807, 2.05) is 13.0 Å². The summed E-state index contributed by atoms with van der Waals surface area (Å²) in [5, 5.41) is 8.13. The third-order valence-corrected chi connectivity index (χ3v) is 6.36. The first-order valence-electron chi connectivity index (χ1n) is 10.5. The summed E-state index contributed by atoms with van der Waals surface area (Å²) in [6.07, 6.45) is 4.62. The van der Waals surface area contributed by atoms with Crippen LogP contribution in [0.2, 0.25) is 0 Å². The fourth-order valence-electron chi connectivity index (χ4n) is 4.85. The maximum atomic E-state index is 14.7. The lowest BCUT2D eigenvalue weighted by Crippen LogP contribution is -2.35. The summed E-state index contributed by atoms with van der Waals surface area (Å²) in [5.74, 6) is 0.343. The van der Waals surface area contributed by atoms with Crippen LogP contribution in [0.5, 0.6) is 0 Å². The van der Waals surface area contributed by atoms with Gasteiger partial charge in [0.15, 0.2) is 5.58 Å². The molecule has 0 unspecified atom stereocenters. The van der Waals surface area contributed by atoms with E-state index in [4.69, 9.17) is 4.42 Å². The van der Waals surface area contributed by atoms with Crippen LogP contribution in [-0.2, 0) is 0 Å². The van der Waals surface area contributed by atoms with Crippen LogP contribution in [0.4, 0.5) is 10.3 Å². The predicted molar refractivity (Wildman–Crippen MR) is 113 cm³/mol. The molecular weight excluding hydrogens is 413 g/mol. The molecule has 0 saturated carbocycles. The summed E-state index contributed by atoms with van der Waals surface area (Å²) in [6, 6.07) is 6.34. The summed E-state index contributed by atoms with van der Waals surface area (Å²) in [4.78, 5) is 27.7. The van der Waals surface area contributed by atoms with Crippen molar-refractivity contribution in [3.8, 4) is 5.69 Å². The highest BCUT2D eigenvalue weighted by Crippen LogP contribution is 2.35. The van der Waals surface area contributed by atoms with Gasteiger partial charge in [0, 0.05) is 44.1 Å². The molecule has 0 spiro atoms. The first-order chi connectivity index (χ1) is 15.6. The first-order valence-corrected chi connectivity index (χ1v) is 10.5. The lowest BCUT2D eigenvalue weighted by molar-refractivity contribution is 0.0777. The van der Waals surface area contributed by atoms with Crippen LogP contribution in [0.25, 0.3) is 16.8 Å². The standard InChI is InChI=1S/C22H20FN7O2/c1-13-20-17(5-8-32-20)27-22(26-13)29-11-14-9-28(10-15(14)12-29)21(31)19-16(23)3-2-4-18(19)30-24-6-7-25-30/h2-8,14-15H,9-12H2,1H3/t14-,15+. The van der Waals surface area contributed by atoms with E-state index in [2.05, 4.69) is 25.1 Å². The van der Waals surface area contributed by atoms with Crippen LogP contribution in [-0.4, -0.2) is 61.9 Å². The average Bonchev–Trinajstić information content (AvgIpc) is 3.56. The fourth-order valence-corrected chi connectivity index (χ4v) is 4.85. The molecule has 1 amide bonds. The molecule has 4 aromatic rings. The van der Waals surface area contributed by atoms with Gasteiger partial charge < -0.3 is 14.2 Å². The molecule has 162 valence electrons. The van der Waals surface area contributed by atoms with Crippen molar-refractivity contribution in [2.24, 2.45) is 11.8 Å². The number of furan rings is 1. The van der Waals surface area contributed by atoms with E-state index in [0.29, 0.717) is 30.3 Å². The molecule has 3 aromatic heterocycles. The quantitative estimate of drug-likeness (QED) is 0.490. The molecule has 0 aliphatic carbocycles. The van der Waals surface area contributed by atoms with Crippen LogP contribution >= 0.6 is 0 Å². The topological polar surface area (TPSA) is 93.2 Å². The molecule has 2 saturated heterocycles. The van der Waals surface area contributed by atoms with E-state index in [0.717, 1.165) is 24.3 Å². The molecule has 2 aliphatic rings. The summed E-state index contributed by atoms with van der Waals surface area (Å²) in [7, 11) is 0. The Morgan fingerprint density at radius 1 is 1.06 bits per heavy atom. The highest BCUT2D eigenvalue weighted by molar-refractivity contribution is 5.98. The van der Waals surface area contributed by atoms with Crippen molar-refractivity contribution >= 4 is 23.0 Å². The van der Waals surface area contributed by atoms with E-state index in [1.165, 1.54) is 23.3 Å². The summed E-state index contributed by atoms with van der Waals surface area (Å²) in [5.41, 5.74) is 2.65. The number of fused-ring (bicyclic) bond motifs is 2. The zero-order chi connectivity index (χ0) is 21.8. The Bertz CT molecular complexity index is 1310. The lowest BCUT2D eigenvalue weighted by Gasteiger charge is -2.23. The van der Waals surface area contributed by atoms with E-state index >= 15 is 0 Å². The van der Waals surface area contributed by atoms with Crippen molar-refractivity contribution in [3.63, 3.8) is 0 Å². The molecule has 10 heteroatoms. The second-order valence-corrected chi connectivity index (χ2v) is 8.33. The number of hydrogen-bond acceptors (Lipinski definition) is 7. The Kier molecular flexibility index (Phi) is 4.20. The van der Waals surface area contributed by atoms with Gasteiger partial charge in [-0.3, -0.25) is 4.79 Å². The van der Waals surface area contributed by atoms with Crippen molar-refractivity contribution < 1.29 is 13.6 Å². The first kappa shape index (κ1) is 18.9. The molecule has 2 aliphatic heterocycles. The van der Waals surface area contributed by atoms with Crippen LogP contribution in [0.3, 0.4) is 0 Å². The molecule has 2 atom stereocenters. The van der Waals surface area contributed by atoms with Gasteiger partial charge in [-0.15, -0.1) is 0 Å². The Labute approximate surface area is 182 Å². The molecule has 32 heavy (non-hydrogen) atoms. The van der Waals surface area contributed by atoms with Gasteiger partial charge in [0.2, 0.25) is 5.95 Å². The minimum atomic E-state index is -0.569. The van der Waals surface area contributed by atoms with Gasteiger partial charge in [0.1, 0.15) is 22.6 Å². The van der Waals surface area contributed by atoms with Crippen molar-refractivity contribution in [2.45, 2.75) is 6.92 Å². The monoisotopic (exact) mass is 433 g/mol. The third kappa shape index (κ3) is 2.94. The number of nitrogens with zero attached hydrogens (tertiary/aromatic N) is 7. The number of halogens is 1. The van der Waals surface area contributed by atoms with Gasteiger partial charge in [-0.2, -0.15) is 15.0 Å². The Hall–Kier alpha value is -3.82. The van der Waals surface area contributed by atoms with Crippen LogP contribution < -0.4 is 4.90 Å². The minimum absolute atomic E-state index is 0.00453. The molecule has 2 fully saturated rings. The Morgan fingerprint density at radius 2 is 1.81 bits per heavy atom. The second kappa shape index (κ2) is 7.11. The van der Waals surface area contributed by atoms with Crippen molar-refractivity contribution in [1.82, 2.24) is 29.9 Å². The van der Waals surface area contributed by atoms with Crippen LogP contribution in [0, 0.1) is 24.6 Å². The minimum Gasteiger partial charge on any atom is -0.461 e. The number of likely N-dealkylation sites (tertiary alicyclic amines) is 1. The highest BCUT2D eigenvalue weighted by atomic mass is 19.1. The number of carbonyl (C=O) groups excluding carboxylic acids is 1. The van der Waals surface area contributed by atoms with Gasteiger partial charge in [-0.1, -0.05) is 6.07 Å². The number of carbonyl (C=O) groups is 1. The molecule has 6 rings (SSSR count). The predicted octanol–water partition coefficient (Wildman–Crippen LogP) is 2.46. The Morgan fingerprint density at radius 3 is 2.56 bits per heavy atom. The molecule has 9 nitrogen and oxygen atoms in total. The second-order valence-electron chi connectivity index (χ2n) is 8.33. The highest BCUT2D eigenvalue weighted by Gasteiger charge is 2.43. The van der Waals surface area contributed by atoms with Crippen molar-refractivity contribution in [2.75, 3.05) is 31.1 Å². The number of aromatic nitrogens is 5. The lowest BCUT2D eigenvalue weighted by atomic mass is 10.0. The van der Waals surface area contributed by atoms with Crippen LogP contribution in [0.1, 0.15) is 16.1 Å². The van der Waals surface area contributed by atoms with Crippen LogP contribution in [0.15, 0.2) is 47.3 Å². The third-order valence-electron chi connectivity index (χ3n) is 6.36. The smallest absolute Gasteiger partial charge is 0.259 e. The largest absolute Gasteiger partial charge is 0.461 e. The summed E-state index contributed by atoms with van der Waals surface area (Å²) in [6.45, 7) is 4.54. The number of hydrogen-bond donors (Lipinski definition) is 0. The zero-order valence-corrected chi connectivity index (χ0v) is 17.3. The summed E-state index contributed by atoms with van der Waals surface area (Å²) >= 11 is 0. The maximum Gasteiger partial charge on any atom is 0.259 e. The van der Waals surface area contributed by atoms with E-state index < -0.39 is 5.82 Å². The van der Waals surface area contributed by atoms with Gasteiger partial charge in [0.05, 0.1) is 24.4 Å². The number of amides is 1. The number of aryl methyl sites for hydroxylation is 1. The molecular formula is C22H20FN7O2. The molecule has 0 bridgehead atoms.